The molecule has 1 aromatic carbocycles. The van der Waals surface area contributed by atoms with Gasteiger partial charge in [-0.25, -0.2) is 9.78 Å². The summed E-state index contributed by atoms with van der Waals surface area (Å²) >= 11 is 2.54. The summed E-state index contributed by atoms with van der Waals surface area (Å²) < 4.78 is 5.15. The Morgan fingerprint density at radius 3 is 2.62 bits per heavy atom. The molecule has 1 N–H and O–H groups in total. The van der Waals surface area contributed by atoms with Crippen molar-refractivity contribution in [3.05, 3.63) is 61.9 Å². The Balaban J connectivity index is 1.93. The number of allylic oxidation sites excluding steroid dienone is 1. The van der Waals surface area contributed by atoms with Crippen LogP contribution in [0.2, 0.25) is 0 Å². The number of carbonyl (C=O) groups is 2. The van der Waals surface area contributed by atoms with E-state index in [1.165, 1.54) is 46.9 Å². The highest BCUT2D eigenvalue weighted by molar-refractivity contribution is 7.18. The maximum Gasteiger partial charge on any atom is 0.341 e. The van der Waals surface area contributed by atoms with Gasteiger partial charge in [-0.1, -0.05) is 12.1 Å². The van der Waals surface area contributed by atoms with E-state index < -0.39 is 5.97 Å². The van der Waals surface area contributed by atoms with Crippen molar-refractivity contribution >= 4 is 45.0 Å². The maximum atomic E-state index is 12.5. The van der Waals surface area contributed by atoms with Crippen molar-refractivity contribution in [1.29, 1.82) is 5.26 Å². The van der Waals surface area contributed by atoms with Gasteiger partial charge in [0.25, 0.3) is 0 Å². The van der Waals surface area contributed by atoms with E-state index in [4.69, 9.17) is 4.74 Å². The minimum atomic E-state index is -0.505. The van der Waals surface area contributed by atoms with Gasteiger partial charge in [-0.2, -0.15) is 5.26 Å². The summed E-state index contributed by atoms with van der Waals surface area (Å²) in [4.78, 5) is 29.5. The van der Waals surface area contributed by atoms with E-state index in [-0.39, 0.29) is 12.4 Å². The number of rotatable bonds is 7. The van der Waals surface area contributed by atoms with Crippen molar-refractivity contribution in [3.63, 3.8) is 0 Å². The van der Waals surface area contributed by atoms with E-state index in [2.05, 4.69) is 42.4 Å². The zero-order chi connectivity index (χ0) is 23.4. The third-order valence-corrected chi connectivity index (χ3v) is 7.15. The molecule has 0 bridgehead atoms. The van der Waals surface area contributed by atoms with Crippen molar-refractivity contribution in [2.24, 2.45) is 0 Å². The van der Waals surface area contributed by atoms with Crippen LogP contribution < -0.4 is 5.32 Å². The highest BCUT2D eigenvalue weighted by Crippen LogP contribution is 2.35. The highest BCUT2D eigenvalue weighted by atomic mass is 32.1. The van der Waals surface area contributed by atoms with Crippen LogP contribution in [0.15, 0.2) is 29.8 Å². The van der Waals surface area contributed by atoms with Crippen LogP contribution in [-0.2, 0) is 4.74 Å². The fourth-order valence-corrected chi connectivity index (χ4v) is 4.96. The van der Waals surface area contributed by atoms with Crippen molar-refractivity contribution in [2.45, 2.75) is 34.6 Å². The van der Waals surface area contributed by atoms with Crippen molar-refractivity contribution in [2.75, 3.05) is 11.9 Å². The van der Waals surface area contributed by atoms with Crippen LogP contribution in [0.25, 0.3) is 16.8 Å². The number of esters is 1. The number of hydrogen-bond acceptors (Lipinski definition) is 8. The number of ether oxygens (including phenoxy) is 1. The van der Waals surface area contributed by atoms with Crippen LogP contribution in [0.1, 0.15) is 55.6 Å². The Morgan fingerprint density at radius 2 is 2.00 bits per heavy atom. The lowest BCUT2D eigenvalue weighted by atomic mass is 10.1. The van der Waals surface area contributed by atoms with Crippen LogP contribution >= 0.6 is 22.7 Å². The molecular formula is C24H23N3O3S2. The average Bonchev–Trinajstić information content (AvgIpc) is 3.36. The number of thiophene rings is 1. The van der Waals surface area contributed by atoms with Gasteiger partial charge in [0, 0.05) is 17.1 Å². The van der Waals surface area contributed by atoms with Gasteiger partial charge in [0.2, 0.25) is 0 Å². The Morgan fingerprint density at radius 1 is 1.25 bits per heavy atom. The molecular weight excluding hydrogens is 442 g/mol. The minimum absolute atomic E-state index is 0.131. The SMILES string of the molecule is CCOC(=O)c1c(NC=C(C#N)c2nc(-c3ccc(C)c(C)c3)cs2)sc(C(C)=O)c1C. The van der Waals surface area contributed by atoms with E-state index >= 15 is 0 Å². The van der Waals surface area contributed by atoms with Crippen LogP contribution in [0.5, 0.6) is 0 Å². The Kier molecular flexibility index (Phi) is 7.23. The number of anilines is 1. The van der Waals surface area contributed by atoms with E-state index in [1.54, 1.807) is 13.8 Å². The van der Waals surface area contributed by atoms with Crippen LogP contribution in [0.4, 0.5) is 5.00 Å². The Hall–Kier alpha value is -3.28. The van der Waals surface area contributed by atoms with Crippen molar-refractivity contribution < 1.29 is 14.3 Å². The molecule has 2 heterocycles. The molecule has 0 aliphatic carbocycles. The molecule has 0 atom stereocenters. The summed E-state index contributed by atoms with van der Waals surface area (Å²) in [5.41, 5.74) is 5.38. The molecule has 0 fully saturated rings. The topological polar surface area (TPSA) is 92.1 Å². The molecule has 8 heteroatoms. The summed E-state index contributed by atoms with van der Waals surface area (Å²) in [7, 11) is 0. The smallest absolute Gasteiger partial charge is 0.341 e. The lowest BCUT2D eigenvalue weighted by molar-refractivity contribution is 0.0527. The van der Waals surface area contributed by atoms with Crippen molar-refractivity contribution in [1.82, 2.24) is 4.98 Å². The molecule has 0 spiro atoms. The molecule has 2 aromatic heterocycles. The zero-order valence-electron chi connectivity index (χ0n) is 18.5. The average molecular weight is 466 g/mol. The quantitative estimate of drug-likeness (QED) is 0.255. The molecule has 0 saturated heterocycles. The summed E-state index contributed by atoms with van der Waals surface area (Å²) in [6.07, 6.45) is 1.51. The molecule has 0 radical (unpaired) electrons. The molecule has 6 nitrogen and oxygen atoms in total. The lowest BCUT2D eigenvalue weighted by Gasteiger charge is -2.05. The number of ketones is 1. The first-order chi connectivity index (χ1) is 15.3. The zero-order valence-corrected chi connectivity index (χ0v) is 20.2. The Bertz CT molecular complexity index is 1260. The molecule has 3 rings (SSSR count). The molecule has 0 unspecified atom stereocenters. The van der Waals surface area contributed by atoms with Gasteiger partial charge in [0.05, 0.1) is 22.7 Å². The first-order valence-electron chi connectivity index (χ1n) is 9.98. The monoisotopic (exact) mass is 465 g/mol. The number of aromatic nitrogens is 1. The van der Waals surface area contributed by atoms with Gasteiger partial charge >= 0.3 is 5.97 Å². The standard InChI is InChI=1S/C24H23N3O3S2/c1-6-30-24(29)20-15(4)21(16(5)28)32-23(20)26-11-18(10-25)22-27-19(12-31-22)17-8-7-13(2)14(3)9-17/h7-9,11-12,26H,6H2,1-5H3. The van der Waals surface area contributed by atoms with Gasteiger partial charge in [-0.15, -0.1) is 22.7 Å². The molecule has 0 aliphatic rings. The summed E-state index contributed by atoms with van der Waals surface area (Å²) in [6, 6.07) is 8.30. The fourth-order valence-electron chi connectivity index (χ4n) is 3.11. The van der Waals surface area contributed by atoms with E-state index in [9.17, 15) is 14.9 Å². The normalized spacial score (nSPS) is 11.2. The number of hydrogen-bond donors (Lipinski definition) is 1. The van der Waals surface area contributed by atoms with Crippen LogP contribution in [-0.4, -0.2) is 23.3 Å². The molecule has 3 aromatic rings. The lowest BCUT2D eigenvalue weighted by Crippen LogP contribution is -2.08. The fraction of sp³-hybridized carbons (Fsp3) is 0.250. The van der Waals surface area contributed by atoms with Crippen molar-refractivity contribution in [3.8, 4) is 17.3 Å². The molecule has 32 heavy (non-hydrogen) atoms. The molecule has 0 aliphatic heterocycles. The number of aryl methyl sites for hydroxylation is 2. The minimum Gasteiger partial charge on any atom is -0.462 e. The first kappa shape index (κ1) is 23.4. The van der Waals surface area contributed by atoms with Gasteiger partial charge < -0.3 is 10.1 Å². The number of nitrogens with zero attached hydrogens (tertiary/aromatic N) is 2. The summed E-state index contributed by atoms with van der Waals surface area (Å²) in [6.45, 7) is 9.23. The molecule has 164 valence electrons. The number of thiazole rings is 1. The third kappa shape index (κ3) is 4.79. The van der Waals surface area contributed by atoms with E-state index in [0.29, 0.717) is 31.6 Å². The molecule has 0 amide bonds. The highest BCUT2D eigenvalue weighted by Gasteiger charge is 2.24. The predicted octanol–water partition coefficient (Wildman–Crippen LogP) is 6.15. The second-order valence-electron chi connectivity index (χ2n) is 7.19. The number of benzene rings is 1. The molecule has 0 saturated carbocycles. The second kappa shape index (κ2) is 9.90. The number of nitrogens with one attached hydrogen (secondary N) is 1. The second-order valence-corrected chi connectivity index (χ2v) is 9.07. The van der Waals surface area contributed by atoms with Gasteiger partial charge in [0.15, 0.2) is 5.78 Å². The largest absolute Gasteiger partial charge is 0.462 e. The number of nitriles is 1. The number of Topliss-reactive ketones (excluding diaryl/α,β-unsaturated/α-hetero) is 1. The van der Waals surface area contributed by atoms with Gasteiger partial charge in [0.1, 0.15) is 21.7 Å². The van der Waals surface area contributed by atoms with E-state index in [0.717, 1.165) is 11.3 Å². The van der Waals surface area contributed by atoms with Crippen LogP contribution in [0, 0.1) is 32.1 Å². The van der Waals surface area contributed by atoms with Gasteiger partial charge in [-0.3, -0.25) is 4.79 Å². The third-order valence-electron chi connectivity index (χ3n) is 4.95. The summed E-state index contributed by atoms with van der Waals surface area (Å²) in [5, 5.41) is 15.7. The van der Waals surface area contributed by atoms with Crippen LogP contribution in [0.3, 0.4) is 0 Å². The first-order valence-corrected chi connectivity index (χ1v) is 11.7. The van der Waals surface area contributed by atoms with Gasteiger partial charge in [-0.05, 0) is 57.4 Å². The van der Waals surface area contributed by atoms with E-state index in [1.807, 2.05) is 11.4 Å². The number of carbonyl (C=O) groups excluding carboxylic acids is 2. The summed E-state index contributed by atoms with van der Waals surface area (Å²) in [5.74, 6) is -0.636. The Labute approximate surface area is 195 Å². The maximum absolute atomic E-state index is 12.5. The predicted molar refractivity (Wildman–Crippen MR) is 129 cm³/mol.